The molecule has 0 saturated carbocycles. The molecule has 0 spiro atoms. The van der Waals surface area contributed by atoms with E-state index in [2.05, 4.69) is 4.98 Å². The van der Waals surface area contributed by atoms with Crippen molar-refractivity contribution in [2.45, 2.75) is 0 Å². The van der Waals surface area contributed by atoms with Gasteiger partial charge in [-0.3, -0.25) is 0 Å². The molecule has 0 aliphatic rings. The van der Waals surface area contributed by atoms with E-state index in [1.807, 2.05) is 0 Å². The van der Waals surface area contributed by atoms with Crippen LogP contribution in [0.25, 0.3) is 0 Å². The number of carboxylic acid groups (broad SMARTS) is 1. The molecule has 5 heteroatoms. The van der Waals surface area contributed by atoms with Crippen LogP contribution in [0, 0.1) is 4.64 Å². The van der Waals surface area contributed by atoms with Crippen LogP contribution in [0.2, 0.25) is 5.02 Å². The molecule has 0 radical (unpaired) electrons. The van der Waals surface area contributed by atoms with E-state index in [-0.39, 0.29) is 15.2 Å². The van der Waals surface area contributed by atoms with Crippen LogP contribution in [-0.4, -0.2) is 16.1 Å². The molecule has 0 saturated heterocycles. The Hall–Kier alpha value is -0.870. The maximum Gasteiger partial charge on any atom is 0.337 e. The van der Waals surface area contributed by atoms with Gasteiger partial charge in [-0.15, -0.1) is 0 Å². The van der Waals surface area contributed by atoms with Gasteiger partial charge >= 0.3 is 5.97 Å². The molecular formula is C6H4ClNO2S. The fraction of sp³-hybridized carbons (Fsp3) is 0. The van der Waals surface area contributed by atoms with Gasteiger partial charge in [-0.1, -0.05) is 23.8 Å². The predicted octanol–water partition coefficient (Wildman–Crippen LogP) is 2.10. The monoisotopic (exact) mass is 189 g/mol. The molecule has 11 heavy (non-hydrogen) atoms. The topological polar surface area (TPSA) is 53.1 Å². The van der Waals surface area contributed by atoms with E-state index in [9.17, 15) is 4.79 Å². The van der Waals surface area contributed by atoms with E-state index < -0.39 is 5.97 Å². The first-order chi connectivity index (χ1) is 5.13. The predicted molar refractivity (Wildman–Crippen MR) is 43.6 cm³/mol. The third-order valence-electron chi connectivity index (χ3n) is 1.13. The largest absolute Gasteiger partial charge is 0.478 e. The zero-order chi connectivity index (χ0) is 8.43. The SMILES string of the molecule is O=C(O)c1cc[nH]c(=S)c1Cl. The van der Waals surface area contributed by atoms with E-state index in [4.69, 9.17) is 28.9 Å². The molecule has 3 nitrogen and oxygen atoms in total. The van der Waals surface area contributed by atoms with Crippen LogP contribution in [0.3, 0.4) is 0 Å². The van der Waals surface area contributed by atoms with Gasteiger partial charge in [-0.25, -0.2) is 4.79 Å². The molecule has 0 bridgehead atoms. The second-order valence-electron chi connectivity index (χ2n) is 1.84. The van der Waals surface area contributed by atoms with Gasteiger partial charge in [0, 0.05) is 6.20 Å². The molecule has 1 heterocycles. The van der Waals surface area contributed by atoms with Crippen LogP contribution in [0.5, 0.6) is 0 Å². The van der Waals surface area contributed by atoms with Gasteiger partial charge in [-0.2, -0.15) is 0 Å². The lowest BCUT2D eigenvalue weighted by atomic mass is 10.3. The number of H-pyrrole nitrogens is 1. The number of halogens is 1. The third-order valence-corrected chi connectivity index (χ3v) is 1.96. The zero-order valence-electron chi connectivity index (χ0n) is 5.30. The Morgan fingerprint density at radius 1 is 1.73 bits per heavy atom. The Balaban J connectivity index is 3.39. The van der Waals surface area contributed by atoms with E-state index in [1.165, 1.54) is 12.3 Å². The highest BCUT2D eigenvalue weighted by molar-refractivity contribution is 7.71. The Bertz CT molecular complexity index is 347. The first-order valence-corrected chi connectivity index (χ1v) is 3.52. The smallest absolute Gasteiger partial charge is 0.337 e. The quantitative estimate of drug-likeness (QED) is 0.666. The molecule has 0 aromatic carbocycles. The van der Waals surface area contributed by atoms with Crippen molar-refractivity contribution in [2.75, 3.05) is 0 Å². The summed E-state index contributed by atoms with van der Waals surface area (Å²) in [5.41, 5.74) is 0.0235. The van der Waals surface area contributed by atoms with Crippen molar-refractivity contribution in [3.63, 3.8) is 0 Å². The van der Waals surface area contributed by atoms with Crippen LogP contribution < -0.4 is 0 Å². The summed E-state index contributed by atoms with van der Waals surface area (Å²) < 4.78 is 0.242. The van der Waals surface area contributed by atoms with Gasteiger partial charge in [0.25, 0.3) is 0 Å². The average molecular weight is 190 g/mol. The van der Waals surface area contributed by atoms with Gasteiger partial charge in [0.15, 0.2) is 0 Å². The van der Waals surface area contributed by atoms with Crippen molar-refractivity contribution in [3.05, 3.63) is 27.5 Å². The molecule has 2 N–H and O–H groups in total. The van der Waals surface area contributed by atoms with Crippen molar-refractivity contribution in [2.24, 2.45) is 0 Å². The Morgan fingerprint density at radius 2 is 2.36 bits per heavy atom. The van der Waals surface area contributed by atoms with Crippen LogP contribution in [0.4, 0.5) is 0 Å². The minimum atomic E-state index is -1.07. The van der Waals surface area contributed by atoms with E-state index in [1.54, 1.807) is 0 Å². The minimum Gasteiger partial charge on any atom is -0.478 e. The van der Waals surface area contributed by atoms with Gasteiger partial charge in [-0.05, 0) is 6.07 Å². The summed E-state index contributed by atoms with van der Waals surface area (Å²) in [6.45, 7) is 0. The van der Waals surface area contributed by atoms with Gasteiger partial charge in [0.2, 0.25) is 0 Å². The highest BCUT2D eigenvalue weighted by atomic mass is 35.5. The van der Waals surface area contributed by atoms with E-state index >= 15 is 0 Å². The molecule has 1 aromatic heterocycles. The second-order valence-corrected chi connectivity index (χ2v) is 2.63. The number of hydrogen-bond acceptors (Lipinski definition) is 2. The number of aromatic carboxylic acids is 1. The maximum atomic E-state index is 10.4. The highest BCUT2D eigenvalue weighted by Gasteiger charge is 2.07. The van der Waals surface area contributed by atoms with E-state index in [0.29, 0.717) is 0 Å². The van der Waals surface area contributed by atoms with Crippen LogP contribution in [0.15, 0.2) is 12.3 Å². The summed E-state index contributed by atoms with van der Waals surface area (Å²) in [7, 11) is 0. The van der Waals surface area contributed by atoms with Gasteiger partial charge in [0.1, 0.15) is 4.64 Å². The fourth-order valence-corrected chi connectivity index (χ4v) is 1.00. The van der Waals surface area contributed by atoms with Crippen LogP contribution >= 0.6 is 23.8 Å². The number of hydrogen-bond donors (Lipinski definition) is 2. The standard InChI is InChI=1S/C6H4ClNO2S/c7-4-3(6(9)10)1-2-8-5(4)11/h1-2H,(H,8,11)(H,9,10). The summed E-state index contributed by atoms with van der Waals surface area (Å²) in [5, 5.41) is 8.62. The summed E-state index contributed by atoms with van der Waals surface area (Å²) in [6.07, 6.45) is 1.44. The molecule has 0 fully saturated rings. The number of aromatic amines is 1. The van der Waals surface area contributed by atoms with Crippen LogP contribution in [0.1, 0.15) is 10.4 Å². The molecule has 0 unspecified atom stereocenters. The molecule has 1 rings (SSSR count). The number of aromatic nitrogens is 1. The molecule has 0 aliphatic carbocycles. The fourth-order valence-electron chi connectivity index (χ4n) is 0.625. The summed E-state index contributed by atoms with van der Waals surface area (Å²) in [5.74, 6) is -1.07. The number of pyridine rings is 1. The molecule has 58 valence electrons. The lowest BCUT2D eigenvalue weighted by Crippen LogP contribution is -1.97. The Kier molecular flexibility index (Phi) is 2.26. The number of carbonyl (C=O) groups is 1. The third kappa shape index (κ3) is 1.58. The minimum absolute atomic E-state index is 0.0235. The second kappa shape index (κ2) is 3.02. The lowest BCUT2D eigenvalue weighted by molar-refractivity contribution is 0.0697. The maximum absolute atomic E-state index is 10.4. The molecule has 1 aromatic rings. The highest BCUT2D eigenvalue weighted by Crippen LogP contribution is 2.14. The van der Waals surface area contributed by atoms with Crippen molar-refractivity contribution < 1.29 is 9.90 Å². The molecule has 0 atom stereocenters. The molecule has 0 aliphatic heterocycles. The first kappa shape index (κ1) is 8.23. The Morgan fingerprint density at radius 3 is 2.82 bits per heavy atom. The van der Waals surface area contributed by atoms with Crippen molar-refractivity contribution >= 4 is 29.8 Å². The Labute approximate surface area is 72.6 Å². The van der Waals surface area contributed by atoms with Crippen molar-refractivity contribution in [3.8, 4) is 0 Å². The average Bonchev–Trinajstić information content (AvgIpc) is 1.94. The summed E-state index contributed by atoms with van der Waals surface area (Å²) in [4.78, 5) is 13.0. The van der Waals surface area contributed by atoms with E-state index in [0.717, 1.165) is 0 Å². The van der Waals surface area contributed by atoms with Crippen molar-refractivity contribution in [1.82, 2.24) is 4.98 Å². The normalized spacial score (nSPS) is 9.55. The van der Waals surface area contributed by atoms with Crippen LogP contribution in [-0.2, 0) is 0 Å². The first-order valence-electron chi connectivity index (χ1n) is 2.73. The summed E-state index contributed by atoms with van der Waals surface area (Å²) >= 11 is 10.3. The zero-order valence-corrected chi connectivity index (χ0v) is 6.87. The number of rotatable bonds is 1. The number of nitrogens with one attached hydrogen (secondary N) is 1. The molecular weight excluding hydrogens is 186 g/mol. The van der Waals surface area contributed by atoms with Crippen molar-refractivity contribution in [1.29, 1.82) is 0 Å². The van der Waals surface area contributed by atoms with Gasteiger partial charge in [0.05, 0.1) is 10.6 Å². The molecule has 0 amide bonds. The lowest BCUT2D eigenvalue weighted by Gasteiger charge is -1.95. The summed E-state index contributed by atoms with van der Waals surface area (Å²) in [6, 6.07) is 1.36. The van der Waals surface area contributed by atoms with Gasteiger partial charge < -0.3 is 10.1 Å². The number of carboxylic acids is 1.